The highest BCUT2D eigenvalue weighted by Gasteiger charge is 2.35. The molecule has 0 atom stereocenters. The fourth-order valence-electron chi connectivity index (χ4n) is 1.08. The third kappa shape index (κ3) is 3.03. The van der Waals surface area contributed by atoms with Crippen molar-refractivity contribution in [1.29, 1.82) is 0 Å². The van der Waals surface area contributed by atoms with Crippen molar-refractivity contribution < 1.29 is 22.7 Å². The first kappa shape index (κ1) is 14.6. The summed E-state index contributed by atoms with van der Waals surface area (Å²) >= 11 is 0. The molecule has 1 aromatic carbocycles. The SMILES string of the molecule is COC(=O)c1ccc(N)cc1C(F)(F)F.Cl. The Hall–Kier alpha value is -1.43. The zero-order valence-corrected chi connectivity index (χ0v) is 8.98. The first-order valence-corrected chi connectivity index (χ1v) is 3.91. The monoisotopic (exact) mass is 255 g/mol. The minimum absolute atomic E-state index is 0. The van der Waals surface area contributed by atoms with Gasteiger partial charge < -0.3 is 10.5 Å². The standard InChI is InChI=1S/C9H8F3NO2.ClH/c1-15-8(14)6-3-2-5(13)4-7(6)9(10,11)12;/h2-4H,13H2,1H3;1H. The highest BCUT2D eigenvalue weighted by atomic mass is 35.5. The predicted molar refractivity (Wildman–Crippen MR) is 54.4 cm³/mol. The van der Waals surface area contributed by atoms with Gasteiger partial charge in [-0.25, -0.2) is 4.79 Å². The van der Waals surface area contributed by atoms with Crippen LogP contribution >= 0.6 is 12.4 Å². The van der Waals surface area contributed by atoms with Crippen molar-refractivity contribution in [2.75, 3.05) is 12.8 Å². The number of nitrogens with two attached hydrogens (primary N) is 1. The first-order valence-electron chi connectivity index (χ1n) is 3.91. The Bertz CT molecular complexity index is 393. The maximum Gasteiger partial charge on any atom is 0.417 e. The lowest BCUT2D eigenvalue weighted by atomic mass is 10.1. The highest BCUT2D eigenvalue weighted by Crippen LogP contribution is 2.33. The van der Waals surface area contributed by atoms with Crippen molar-refractivity contribution >= 4 is 24.1 Å². The highest BCUT2D eigenvalue weighted by molar-refractivity contribution is 5.91. The van der Waals surface area contributed by atoms with Crippen molar-refractivity contribution in [2.45, 2.75) is 6.18 Å². The Kier molecular flexibility index (Phi) is 4.61. The van der Waals surface area contributed by atoms with Gasteiger partial charge in [-0.2, -0.15) is 13.2 Å². The number of benzene rings is 1. The minimum atomic E-state index is -4.63. The van der Waals surface area contributed by atoms with Crippen LogP contribution in [0.5, 0.6) is 0 Å². The number of ether oxygens (including phenoxy) is 1. The summed E-state index contributed by atoms with van der Waals surface area (Å²) in [6.45, 7) is 0. The van der Waals surface area contributed by atoms with Crippen LogP contribution < -0.4 is 5.73 Å². The second-order valence-corrected chi connectivity index (χ2v) is 2.79. The van der Waals surface area contributed by atoms with Gasteiger partial charge in [0, 0.05) is 5.69 Å². The maximum absolute atomic E-state index is 12.5. The van der Waals surface area contributed by atoms with Crippen LogP contribution in [-0.2, 0) is 10.9 Å². The molecule has 90 valence electrons. The second kappa shape index (κ2) is 5.07. The summed E-state index contributed by atoms with van der Waals surface area (Å²) < 4.78 is 41.6. The number of methoxy groups -OCH3 is 1. The van der Waals surface area contributed by atoms with Crippen LogP contribution in [0.3, 0.4) is 0 Å². The zero-order valence-electron chi connectivity index (χ0n) is 8.17. The molecule has 0 unspecified atom stereocenters. The van der Waals surface area contributed by atoms with E-state index < -0.39 is 23.3 Å². The van der Waals surface area contributed by atoms with Crippen LogP contribution in [0.25, 0.3) is 0 Å². The molecule has 0 saturated carbocycles. The number of esters is 1. The molecule has 0 radical (unpaired) electrons. The maximum atomic E-state index is 12.5. The molecule has 3 nitrogen and oxygen atoms in total. The van der Waals surface area contributed by atoms with Gasteiger partial charge in [0.05, 0.1) is 18.2 Å². The molecule has 0 bridgehead atoms. The third-order valence-corrected chi connectivity index (χ3v) is 1.75. The van der Waals surface area contributed by atoms with Gasteiger partial charge in [0.15, 0.2) is 0 Å². The molecule has 7 heteroatoms. The number of alkyl halides is 3. The molecular weight excluding hydrogens is 247 g/mol. The summed E-state index contributed by atoms with van der Waals surface area (Å²) in [5.41, 5.74) is 3.52. The molecule has 0 aliphatic carbocycles. The van der Waals surface area contributed by atoms with Gasteiger partial charge in [0.2, 0.25) is 0 Å². The van der Waals surface area contributed by atoms with E-state index in [2.05, 4.69) is 4.74 Å². The summed E-state index contributed by atoms with van der Waals surface area (Å²) in [6.07, 6.45) is -4.63. The average Bonchev–Trinajstić information content (AvgIpc) is 2.15. The quantitative estimate of drug-likeness (QED) is 0.620. The van der Waals surface area contributed by atoms with Gasteiger partial charge in [0.25, 0.3) is 0 Å². The van der Waals surface area contributed by atoms with E-state index in [9.17, 15) is 18.0 Å². The molecule has 0 heterocycles. The van der Waals surface area contributed by atoms with Crippen LogP contribution in [0.2, 0.25) is 0 Å². The molecule has 0 fully saturated rings. The molecular formula is C9H9ClF3NO2. The Morgan fingerprint density at radius 3 is 2.38 bits per heavy atom. The Labute approximate surface area is 95.8 Å². The van der Waals surface area contributed by atoms with Crippen molar-refractivity contribution in [3.05, 3.63) is 29.3 Å². The molecule has 0 spiro atoms. The van der Waals surface area contributed by atoms with Crippen molar-refractivity contribution in [1.82, 2.24) is 0 Å². The van der Waals surface area contributed by atoms with Gasteiger partial charge in [-0.3, -0.25) is 0 Å². The van der Waals surface area contributed by atoms with Gasteiger partial charge in [-0.1, -0.05) is 0 Å². The Balaban J connectivity index is 0.00000225. The van der Waals surface area contributed by atoms with Crippen LogP contribution in [0.1, 0.15) is 15.9 Å². The fraction of sp³-hybridized carbons (Fsp3) is 0.222. The topological polar surface area (TPSA) is 52.3 Å². The third-order valence-electron chi connectivity index (χ3n) is 1.75. The Morgan fingerprint density at radius 2 is 1.94 bits per heavy atom. The minimum Gasteiger partial charge on any atom is -0.465 e. The predicted octanol–water partition coefficient (Wildman–Crippen LogP) is 2.50. The Morgan fingerprint density at radius 1 is 1.38 bits per heavy atom. The smallest absolute Gasteiger partial charge is 0.417 e. The molecule has 16 heavy (non-hydrogen) atoms. The van der Waals surface area contributed by atoms with Gasteiger partial charge in [-0.05, 0) is 18.2 Å². The number of anilines is 1. The lowest BCUT2D eigenvalue weighted by molar-refractivity contribution is -0.138. The zero-order chi connectivity index (χ0) is 11.6. The summed E-state index contributed by atoms with van der Waals surface area (Å²) in [5, 5.41) is 0. The summed E-state index contributed by atoms with van der Waals surface area (Å²) in [6, 6.07) is 2.90. The van der Waals surface area contributed by atoms with Crippen LogP contribution in [0.15, 0.2) is 18.2 Å². The van der Waals surface area contributed by atoms with Crippen molar-refractivity contribution in [2.24, 2.45) is 0 Å². The number of hydrogen-bond acceptors (Lipinski definition) is 3. The van der Waals surface area contributed by atoms with Crippen molar-refractivity contribution in [3.63, 3.8) is 0 Å². The van der Waals surface area contributed by atoms with Gasteiger partial charge >= 0.3 is 12.1 Å². The molecule has 2 N–H and O–H groups in total. The summed E-state index contributed by atoms with van der Waals surface area (Å²) in [4.78, 5) is 11.0. The molecule has 1 rings (SSSR count). The largest absolute Gasteiger partial charge is 0.465 e. The molecule has 0 saturated heterocycles. The van der Waals surface area contributed by atoms with Gasteiger partial charge in [0.1, 0.15) is 0 Å². The first-order chi connectivity index (χ1) is 6.86. The van der Waals surface area contributed by atoms with E-state index in [0.717, 1.165) is 13.2 Å². The van der Waals surface area contributed by atoms with Crippen LogP contribution in [0, 0.1) is 0 Å². The lowest BCUT2D eigenvalue weighted by Gasteiger charge is -2.11. The molecule has 0 aromatic heterocycles. The second-order valence-electron chi connectivity index (χ2n) is 2.79. The van der Waals surface area contributed by atoms with Crippen LogP contribution in [-0.4, -0.2) is 13.1 Å². The number of carbonyl (C=O) groups excluding carboxylic acids is 1. The number of hydrogen-bond donors (Lipinski definition) is 1. The number of carbonyl (C=O) groups is 1. The van der Waals surface area contributed by atoms with E-state index in [-0.39, 0.29) is 18.1 Å². The number of rotatable bonds is 1. The van der Waals surface area contributed by atoms with E-state index in [1.165, 1.54) is 6.07 Å². The molecule has 1 aromatic rings. The normalized spacial score (nSPS) is 10.5. The summed E-state index contributed by atoms with van der Waals surface area (Å²) in [5.74, 6) is -1.04. The average molecular weight is 256 g/mol. The molecule has 0 amide bonds. The van der Waals surface area contributed by atoms with E-state index >= 15 is 0 Å². The fourth-order valence-corrected chi connectivity index (χ4v) is 1.08. The van der Waals surface area contributed by atoms with E-state index in [1.54, 1.807) is 0 Å². The van der Waals surface area contributed by atoms with Crippen molar-refractivity contribution in [3.8, 4) is 0 Å². The molecule has 0 aliphatic rings. The number of halogens is 4. The van der Waals surface area contributed by atoms with E-state index in [0.29, 0.717) is 6.07 Å². The summed E-state index contributed by atoms with van der Waals surface area (Å²) in [7, 11) is 1.01. The number of nitrogen functional groups attached to an aromatic ring is 1. The van der Waals surface area contributed by atoms with E-state index in [4.69, 9.17) is 5.73 Å². The van der Waals surface area contributed by atoms with Gasteiger partial charge in [-0.15, -0.1) is 12.4 Å². The lowest BCUT2D eigenvalue weighted by Crippen LogP contribution is -2.14. The van der Waals surface area contributed by atoms with Crippen LogP contribution in [0.4, 0.5) is 18.9 Å². The molecule has 0 aliphatic heterocycles. The van der Waals surface area contributed by atoms with E-state index in [1.807, 2.05) is 0 Å².